The summed E-state index contributed by atoms with van der Waals surface area (Å²) in [4.78, 5) is 18.9. The molecule has 0 unspecified atom stereocenters. The molecule has 1 saturated heterocycles. The second kappa shape index (κ2) is 5.76. The molecule has 1 aromatic carbocycles. The van der Waals surface area contributed by atoms with Gasteiger partial charge in [-0.05, 0) is 24.3 Å². The monoisotopic (exact) mass is 334 g/mol. The van der Waals surface area contributed by atoms with Crippen molar-refractivity contribution in [3.8, 4) is 5.69 Å². The van der Waals surface area contributed by atoms with Gasteiger partial charge in [-0.3, -0.25) is 9.36 Å². The molecule has 0 saturated carbocycles. The maximum atomic E-state index is 12.6. The van der Waals surface area contributed by atoms with Crippen molar-refractivity contribution < 1.29 is 0 Å². The minimum atomic E-state index is -0.0725. The second-order valence-corrected chi connectivity index (χ2v) is 5.56. The van der Waals surface area contributed by atoms with Crippen molar-refractivity contribution >= 4 is 21.7 Å². The molecule has 3 rings (SSSR count). The van der Waals surface area contributed by atoms with Crippen molar-refractivity contribution in [2.75, 3.05) is 31.1 Å². The number of anilines is 1. The number of hydrogen-bond donors (Lipinski definition) is 1. The minimum absolute atomic E-state index is 0.0725. The van der Waals surface area contributed by atoms with E-state index in [9.17, 15) is 4.79 Å². The molecule has 0 atom stereocenters. The Bertz CT molecular complexity index is 647. The molecule has 0 amide bonds. The number of benzene rings is 1. The molecule has 2 heterocycles. The summed E-state index contributed by atoms with van der Waals surface area (Å²) in [6.45, 7) is 3.39. The summed E-state index contributed by atoms with van der Waals surface area (Å²) in [6, 6.07) is 7.67. The maximum Gasteiger partial charge on any atom is 0.298 e. The van der Waals surface area contributed by atoms with Gasteiger partial charge in [-0.25, -0.2) is 4.98 Å². The van der Waals surface area contributed by atoms with Gasteiger partial charge in [0.1, 0.15) is 0 Å². The van der Waals surface area contributed by atoms with Crippen LogP contribution in [0, 0.1) is 0 Å². The molecule has 1 fully saturated rings. The third kappa shape index (κ3) is 2.62. The van der Waals surface area contributed by atoms with Crippen LogP contribution in [0.3, 0.4) is 0 Å². The van der Waals surface area contributed by atoms with Crippen LogP contribution in [0.5, 0.6) is 0 Å². The van der Waals surface area contributed by atoms with Crippen LogP contribution in [-0.2, 0) is 0 Å². The zero-order valence-electron chi connectivity index (χ0n) is 10.9. The first kappa shape index (κ1) is 13.3. The molecule has 5 nitrogen and oxygen atoms in total. The lowest BCUT2D eigenvalue weighted by Gasteiger charge is -2.27. The number of rotatable bonds is 2. The van der Waals surface area contributed by atoms with Gasteiger partial charge in [-0.2, -0.15) is 0 Å². The quantitative estimate of drug-likeness (QED) is 0.902. The van der Waals surface area contributed by atoms with Crippen LogP contribution in [-0.4, -0.2) is 35.7 Å². The topological polar surface area (TPSA) is 50.2 Å². The Morgan fingerprint density at radius 2 is 1.85 bits per heavy atom. The molecule has 2 aromatic rings. The summed E-state index contributed by atoms with van der Waals surface area (Å²) >= 11 is 3.40. The van der Waals surface area contributed by atoms with Gasteiger partial charge in [0.05, 0.1) is 0 Å². The first-order valence-electron chi connectivity index (χ1n) is 6.55. The summed E-state index contributed by atoms with van der Waals surface area (Å²) in [7, 11) is 0. The summed E-state index contributed by atoms with van der Waals surface area (Å²) in [5.74, 6) is 0.525. The molecule has 1 aliphatic heterocycles. The molecule has 20 heavy (non-hydrogen) atoms. The fourth-order valence-electron chi connectivity index (χ4n) is 2.30. The van der Waals surface area contributed by atoms with Gasteiger partial charge in [0.15, 0.2) is 5.82 Å². The lowest BCUT2D eigenvalue weighted by Crippen LogP contribution is -2.46. The number of piperazine rings is 1. The van der Waals surface area contributed by atoms with Crippen molar-refractivity contribution in [2.24, 2.45) is 0 Å². The smallest absolute Gasteiger partial charge is 0.298 e. The standard InChI is InChI=1S/C14H15BrN4O/c15-11-1-3-12(4-2-11)19-10-7-17-13(14(19)20)18-8-5-16-6-9-18/h1-4,7,10,16H,5-6,8-9H2. The molecular formula is C14H15BrN4O. The molecule has 1 N–H and O–H groups in total. The van der Waals surface area contributed by atoms with Crippen molar-refractivity contribution in [2.45, 2.75) is 0 Å². The third-order valence-corrected chi connectivity index (χ3v) is 3.87. The largest absolute Gasteiger partial charge is 0.349 e. The molecule has 1 aliphatic rings. The van der Waals surface area contributed by atoms with Gasteiger partial charge in [0.25, 0.3) is 5.56 Å². The first-order valence-corrected chi connectivity index (χ1v) is 7.34. The predicted octanol–water partition coefficient (Wildman–Crippen LogP) is 1.40. The van der Waals surface area contributed by atoms with Crippen molar-refractivity contribution in [3.05, 3.63) is 51.5 Å². The van der Waals surface area contributed by atoms with Crippen LogP contribution in [0.15, 0.2) is 45.9 Å². The van der Waals surface area contributed by atoms with Crippen LogP contribution in [0.4, 0.5) is 5.82 Å². The Morgan fingerprint density at radius 1 is 1.15 bits per heavy atom. The van der Waals surface area contributed by atoms with E-state index in [1.165, 1.54) is 0 Å². The molecule has 1 aromatic heterocycles. The van der Waals surface area contributed by atoms with Crippen LogP contribution < -0.4 is 15.8 Å². The van der Waals surface area contributed by atoms with E-state index in [0.717, 1.165) is 36.3 Å². The van der Waals surface area contributed by atoms with Crippen LogP contribution in [0.25, 0.3) is 5.69 Å². The highest BCUT2D eigenvalue weighted by molar-refractivity contribution is 9.10. The molecular weight excluding hydrogens is 320 g/mol. The third-order valence-electron chi connectivity index (χ3n) is 3.34. The van der Waals surface area contributed by atoms with Crippen LogP contribution >= 0.6 is 15.9 Å². The Kier molecular flexibility index (Phi) is 3.84. The molecule has 0 aliphatic carbocycles. The summed E-state index contributed by atoms with van der Waals surface area (Å²) in [5, 5.41) is 3.27. The summed E-state index contributed by atoms with van der Waals surface area (Å²) in [5.41, 5.74) is 0.772. The van der Waals surface area contributed by atoms with E-state index in [0.29, 0.717) is 5.82 Å². The van der Waals surface area contributed by atoms with Crippen LogP contribution in [0.2, 0.25) is 0 Å². The van der Waals surface area contributed by atoms with E-state index in [-0.39, 0.29) is 5.56 Å². The normalized spacial score (nSPS) is 15.3. The SMILES string of the molecule is O=c1c(N2CCNCC2)nccn1-c1ccc(Br)cc1. The van der Waals surface area contributed by atoms with E-state index in [1.54, 1.807) is 17.0 Å². The van der Waals surface area contributed by atoms with E-state index in [2.05, 4.69) is 26.2 Å². The zero-order chi connectivity index (χ0) is 13.9. The highest BCUT2D eigenvalue weighted by Crippen LogP contribution is 2.13. The van der Waals surface area contributed by atoms with Crippen molar-refractivity contribution in [1.29, 1.82) is 0 Å². The Balaban J connectivity index is 2.00. The van der Waals surface area contributed by atoms with Gasteiger partial charge in [-0.1, -0.05) is 15.9 Å². The lowest BCUT2D eigenvalue weighted by molar-refractivity contribution is 0.581. The minimum Gasteiger partial charge on any atom is -0.349 e. The van der Waals surface area contributed by atoms with Gasteiger partial charge in [-0.15, -0.1) is 0 Å². The molecule has 0 bridgehead atoms. The fraction of sp³-hybridized carbons (Fsp3) is 0.286. The van der Waals surface area contributed by atoms with Gasteiger partial charge >= 0.3 is 0 Å². The average molecular weight is 335 g/mol. The molecule has 104 valence electrons. The number of hydrogen-bond acceptors (Lipinski definition) is 4. The number of aromatic nitrogens is 2. The number of nitrogens with one attached hydrogen (secondary N) is 1. The second-order valence-electron chi connectivity index (χ2n) is 4.64. The molecule has 0 spiro atoms. The predicted molar refractivity (Wildman–Crippen MR) is 82.6 cm³/mol. The number of halogens is 1. The van der Waals surface area contributed by atoms with E-state index in [1.807, 2.05) is 29.2 Å². The van der Waals surface area contributed by atoms with Gasteiger partial charge in [0.2, 0.25) is 0 Å². The van der Waals surface area contributed by atoms with Crippen LogP contribution in [0.1, 0.15) is 0 Å². The number of nitrogens with zero attached hydrogens (tertiary/aromatic N) is 3. The molecule has 0 radical (unpaired) electrons. The van der Waals surface area contributed by atoms with Crippen molar-refractivity contribution in [1.82, 2.24) is 14.9 Å². The van der Waals surface area contributed by atoms with E-state index >= 15 is 0 Å². The lowest BCUT2D eigenvalue weighted by atomic mass is 10.3. The maximum absolute atomic E-state index is 12.6. The van der Waals surface area contributed by atoms with Gasteiger partial charge in [0, 0.05) is 48.7 Å². The Labute approximate surface area is 125 Å². The Hall–Kier alpha value is -1.66. The zero-order valence-corrected chi connectivity index (χ0v) is 12.5. The fourth-order valence-corrected chi connectivity index (χ4v) is 2.56. The van der Waals surface area contributed by atoms with E-state index < -0.39 is 0 Å². The van der Waals surface area contributed by atoms with E-state index in [4.69, 9.17) is 0 Å². The van der Waals surface area contributed by atoms with Gasteiger partial charge < -0.3 is 10.2 Å². The molecule has 6 heteroatoms. The average Bonchev–Trinajstić information content (AvgIpc) is 2.49. The summed E-state index contributed by atoms with van der Waals surface area (Å²) < 4.78 is 2.63. The summed E-state index contributed by atoms with van der Waals surface area (Å²) in [6.07, 6.45) is 3.39. The highest BCUT2D eigenvalue weighted by Gasteiger charge is 2.16. The highest BCUT2D eigenvalue weighted by atomic mass is 79.9. The van der Waals surface area contributed by atoms with Crippen molar-refractivity contribution in [3.63, 3.8) is 0 Å². The Morgan fingerprint density at radius 3 is 2.55 bits per heavy atom. The first-order chi connectivity index (χ1) is 9.75.